The number of carbonyl (C=O) groups is 2. The van der Waals surface area contributed by atoms with Crippen LogP contribution in [0.1, 0.15) is 13.3 Å². The van der Waals surface area contributed by atoms with Gasteiger partial charge in [0.2, 0.25) is 5.78 Å². The van der Waals surface area contributed by atoms with Crippen molar-refractivity contribution in [2.75, 3.05) is 0 Å². The first-order valence-electron chi connectivity index (χ1n) is 4.07. The maximum absolute atomic E-state index is 11.0. The number of ketones is 1. The van der Waals surface area contributed by atoms with Crippen molar-refractivity contribution in [2.45, 2.75) is 13.3 Å². The SMILES string of the molecule is CC(=CC1=C(O)C(=O)CC=C1)C(=O)O. The highest BCUT2D eigenvalue weighted by molar-refractivity contribution is 5.97. The number of Topliss-reactive ketones (excluding diaryl/α,β-unsaturated/α-hetero) is 1. The van der Waals surface area contributed by atoms with Crippen LogP contribution in [0.4, 0.5) is 0 Å². The minimum Gasteiger partial charge on any atom is -0.504 e. The van der Waals surface area contributed by atoms with Crippen molar-refractivity contribution in [1.82, 2.24) is 0 Å². The second-order valence-electron chi connectivity index (χ2n) is 2.97. The Kier molecular flexibility index (Phi) is 2.86. The largest absolute Gasteiger partial charge is 0.504 e. The molecule has 2 N–H and O–H groups in total. The molecule has 4 heteroatoms. The van der Waals surface area contributed by atoms with E-state index in [0.29, 0.717) is 0 Å². The van der Waals surface area contributed by atoms with Crippen LogP contribution in [0.25, 0.3) is 0 Å². The molecule has 74 valence electrons. The topological polar surface area (TPSA) is 74.6 Å². The summed E-state index contributed by atoms with van der Waals surface area (Å²) in [5, 5.41) is 17.9. The number of hydrogen-bond donors (Lipinski definition) is 2. The minimum absolute atomic E-state index is 0.0749. The highest BCUT2D eigenvalue weighted by Crippen LogP contribution is 2.16. The normalized spacial score (nSPS) is 17.5. The molecule has 0 unspecified atom stereocenters. The highest BCUT2D eigenvalue weighted by atomic mass is 16.4. The van der Waals surface area contributed by atoms with Crippen LogP contribution in [-0.2, 0) is 9.59 Å². The van der Waals surface area contributed by atoms with Gasteiger partial charge >= 0.3 is 5.97 Å². The standard InChI is InChI=1S/C10H10O4/c1-6(10(13)14)5-7-3-2-4-8(11)9(7)12/h2-3,5,12H,4H2,1H3,(H,13,14). The average Bonchev–Trinajstić information content (AvgIpc) is 2.12. The van der Waals surface area contributed by atoms with E-state index in [4.69, 9.17) is 5.11 Å². The lowest BCUT2D eigenvalue weighted by atomic mass is 10.0. The van der Waals surface area contributed by atoms with Crippen molar-refractivity contribution in [3.8, 4) is 0 Å². The molecule has 0 saturated carbocycles. The molecule has 0 radical (unpaired) electrons. The van der Waals surface area contributed by atoms with Gasteiger partial charge in [-0.2, -0.15) is 0 Å². The van der Waals surface area contributed by atoms with Crippen LogP contribution in [0.3, 0.4) is 0 Å². The zero-order valence-electron chi connectivity index (χ0n) is 7.65. The Morgan fingerprint density at radius 3 is 2.79 bits per heavy atom. The van der Waals surface area contributed by atoms with Gasteiger partial charge in [0.1, 0.15) is 0 Å². The third kappa shape index (κ3) is 2.10. The molecule has 0 bridgehead atoms. The Morgan fingerprint density at radius 2 is 2.21 bits per heavy atom. The molecule has 0 spiro atoms. The first-order chi connectivity index (χ1) is 6.52. The van der Waals surface area contributed by atoms with Gasteiger partial charge in [0.25, 0.3) is 0 Å². The lowest BCUT2D eigenvalue weighted by Gasteiger charge is -2.06. The van der Waals surface area contributed by atoms with Crippen LogP contribution >= 0.6 is 0 Å². The van der Waals surface area contributed by atoms with Crippen molar-refractivity contribution < 1.29 is 19.8 Å². The van der Waals surface area contributed by atoms with E-state index in [1.807, 2.05) is 0 Å². The van der Waals surface area contributed by atoms with Crippen molar-refractivity contribution in [3.05, 3.63) is 35.1 Å². The molecule has 0 atom stereocenters. The first-order valence-corrected chi connectivity index (χ1v) is 4.07. The van der Waals surface area contributed by atoms with Crippen molar-refractivity contribution in [1.29, 1.82) is 0 Å². The van der Waals surface area contributed by atoms with Gasteiger partial charge in [-0.3, -0.25) is 4.79 Å². The number of rotatable bonds is 2. The molecule has 0 saturated heterocycles. The maximum atomic E-state index is 11.0. The van der Waals surface area contributed by atoms with E-state index in [1.165, 1.54) is 19.1 Å². The van der Waals surface area contributed by atoms with Gasteiger partial charge in [0, 0.05) is 17.6 Å². The van der Waals surface area contributed by atoms with Gasteiger partial charge < -0.3 is 10.2 Å². The molecule has 0 amide bonds. The van der Waals surface area contributed by atoms with E-state index in [1.54, 1.807) is 6.08 Å². The van der Waals surface area contributed by atoms with E-state index in [2.05, 4.69) is 0 Å². The fourth-order valence-electron chi connectivity index (χ4n) is 1.04. The molecule has 0 aromatic rings. The van der Waals surface area contributed by atoms with Crippen LogP contribution < -0.4 is 0 Å². The summed E-state index contributed by atoms with van der Waals surface area (Å²) in [6.45, 7) is 1.40. The minimum atomic E-state index is -1.07. The molecule has 1 aliphatic carbocycles. The molecule has 0 aliphatic heterocycles. The summed E-state index contributed by atoms with van der Waals surface area (Å²) in [6.07, 6.45) is 4.55. The molecule has 1 rings (SSSR count). The fourth-order valence-corrected chi connectivity index (χ4v) is 1.04. The van der Waals surface area contributed by atoms with Crippen LogP contribution in [0.5, 0.6) is 0 Å². The zero-order chi connectivity index (χ0) is 10.7. The lowest BCUT2D eigenvalue weighted by molar-refractivity contribution is -0.132. The van der Waals surface area contributed by atoms with Gasteiger partial charge in [0.05, 0.1) is 0 Å². The van der Waals surface area contributed by atoms with Crippen LogP contribution in [0.2, 0.25) is 0 Å². The van der Waals surface area contributed by atoms with Crippen LogP contribution in [-0.4, -0.2) is 22.0 Å². The van der Waals surface area contributed by atoms with Crippen molar-refractivity contribution >= 4 is 11.8 Å². The van der Waals surface area contributed by atoms with Gasteiger partial charge in [-0.05, 0) is 13.0 Å². The van der Waals surface area contributed by atoms with Gasteiger partial charge in [-0.15, -0.1) is 0 Å². The number of carboxylic acids is 1. The molecule has 0 aromatic heterocycles. The third-order valence-electron chi connectivity index (χ3n) is 1.85. The summed E-state index contributed by atoms with van der Waals surface area (Å²) >= 11 is 0. The van der Waals surface area contributed by atoms with Gasteiger partial charge in [-0.25, -0.2) is 4.79 Å². The lowest BCUT2D eigenvalue weighted by Crippen LogP contribution is -2.07. The smallest absolute Gasteiger partial charge is 0.331 e. The predicted molar refractivity (Wildman–Crippen MR) is 49.8 cm³/mol. The molecule has 0 fully saturated rings. The summed E-state index contributed by atoms with van der Waals surface area (Å²) in [5.74, 6) is -1.83. The molecular formula is C10H10O4. The van der Waals surface area contributed by atoms with Crippen molar-refractivity contribution in [3.63, 3.8) is 0 Å². The Bertz CT molecular complexity index is 372. The maximum Gasteiger partial charge on any atom is 0.331 e. The van der Waals surface area contributed by atoms with E-state index < -0.39 is 11.8 Å². The van der Waals surface area contributed by atoms with Crippen LogP contribution in [0.15, 0.2) is 35.1 Å². The monoisotopic (exact) mass is 194 g/mol. The summed E-state index contributed by atoms with van der Waals surface area (Å²) in [7, 11) is 0. The summed E-state index contributed by atoms with van der Waals surface area (Å²) in [6, 6.07) is 0. The Labute approximate surface area is 80.9 Å². The Morgan fingerprint density at radius 1 is 1.57 bits per heavy atom. The number of hydrogen-bond acceptors (Lipinski definition) is 3. The Balaban J connectivity index is 3.04. The Hall–Kier alpha value is -1.84. The predicted octanol–water partition coefficient (Wildman–Crippen LogP) is 1.36. The zero-order valence-corrected chi connectivity index (χ0v) is 7.65. The molecule has 4 nitrogen and oxygen atoms in total. The molecular weight excluding hydrogens is 184 g/mol. The number of aliphatic hydroxyl groups excluding tert-OH is 1. The van der Waals surface area contributed by atoms with E-state index in [0.717, 1.165) is 0 Å². The first kappa shape index (κ1) is 10.2. The number of carboxylic acid groups (broad SMARTS) is 1. The molecule has 0 aromatic carbocycles. The van der Waals surface area contributed by atoms with Gasteiger partial charge in [-0.1, -0.05) is 12.2 Å². The quantitative estimate of drug-likeness (QED) is 0.651. The molecule has 1 aliphatic rings. The molecule has 0 heterocycles. The number of allylic oxidation sites excluding steroid dienone is 5. The highest BCUT2D eigenvalue weighted by Gasteiger charge is 2.14. The average molecular weight is 194 g/mol. The van der Waals surface area contributed by atoms with E-state index >= 15 is 0 Å². The van der Waals surface area contributed by atoms with Gasteiger partial charge in [0.15, 0.2) is 5.76 Å². The number of aliphatic hydroxyl groups is 1. The van der Waals surface area contributed by atoms with E-state index in [-0.39, 0.29) is 23.3 Å². The fraction of sp³-hybridized carbons (Fsp3) is 0.200. The van der Waals surface area contributed by atoms with E-state index in [9.17, 15) is 14.7 Å². The van der Waals surface area contributed by atoms with Crippen LogP contribution in [0, 0.1) is 0 Å². The van der Waals surface area contributed by atoms with Crippen molar-refractivity contribution in [2.24, 2.45) is 0 Å². The summed E-state index contributed by atoms with van der Waals surface area (Å²) in [5.41, 5.74) is 0.326. The number of aliphatic carboxylic acids is 1. The third-order valence-corrected chi connectivity index (χ3v) is 1.85. The second-order valence-corrected chi connectivity index (χ2v) is 2.97. The molecule has 14 heavy (non-hydrogen) atoms. The second kappa shape index (κ2) is 3.91. The summed E-state index contributed by atoms with van der Waals surface area (Å²) in [4.78, 5) is 21.5. The summed E-state index contributed by atoms with van der Waals surface area (Å²) < 4.78 is 0. The number of carbonyl (C=O) groups excluding carboxylic acids is 1.